The van der Waals surface area contributed by atoms with Gasteiger partial charge in [-0.3, -0.25) is 0 Å². The third-order valence-electron chi connectivity index (χ3n) is 6.34. The fourth-order valence-electron chi connectivity index (χ4n) is 4.57. The molecule has 5 nitrogen and oxygen atoms in total. The summed E-state index contributed by atoms with van der Waals surface area (Å²) >= 11 is 6.34. The van der Waals surface area contributed by atoms with E-state index in [9.17, 15) is 0 Å². The lowest BCUT2D eigenvalue weighted by atomic mass is 9.71. The van der Waals surface area contributed by atoms with Gasteiger partial charge in [0.05, 0.1) is 17.3 Å². The average Bonchev–Trinajstić information content (AvgIpc) is 2.68. The smallest absolute Gasteiger partial charge is 0.147 e. The number of hydrogen-bond acceptors (Lipinski definition) is 5. The number of nitrogens with one attached hydrogen (secondary N) is 1. The SMILES string of the molecule is CC(C)(C)C1CCC(Nc2ncnc3c2CCN(c2ncccc2Cl)C3)CC1. The molecule has 1 N–H and O–H groups in total. The molecule has 2 aromatic heterocycles. The Bertz CT molecular complexity index is 824. The number of nitrogens with zero attached hydrogens (tertiary/aromatic N) is 4. The van der Waals surface area contributed by atoms with Crippen LogP contribution in [0.4, 0.5) is 11.6 Å². The molecule has 0 spiro atoms. The van der Waals surface area contributed by atoms with Crippen LogP contribution < -0.4 is 10.2 Å². The van der Waals surface area contributed by atoms with E-state index in [1.807, 2.05) is 12.1 Å². The molecule has 0 saturated heterocycles. The zero-order valence-corrected chi connectivity index (χ0v) is 17.8. The first kappa shape index (κ1) is 19.4. The Morgan fingerprint density at radius 3 is 2.61 bits per heavy atom. The second-order valence-electron chi connectivity index (χ2n) is 9.19. The predicted octanol–water partition coefficient (Wildman–Crippen LogP) is 5.10. The van der Waals surface area contributed by atoms with Gasteiger partial charge >= 0.3 is 0 Å². The summed E-state index contributed by atoms with van der Waals surface area (Å²) in [6.07, 6.45) is 9.40. The number of aromatic nitrogens is 3. The van der Waals surface area contributed by atoms with Gasteiger partial charge < -0.3 is 10.2 Å². The quantitative estimate of drug-likeness (QED) is 0.777. The molecule has 1 aliphatic heterocycles. The summed E-state index contributed by atoms with van der Waals surface area (Å²) in [6.45, 7) is 8.70. The van der Waals surface area contributed by atoms with E-state index in [1.54, 1.807) is 12.5 Å². The van der Waals surface area contributed by atoms with E-state index in [0.717, 1.165) is 42.8 Å². The molecule has 0 unspecified atom stereocenters. The van der Waals surface area contributed by atoms with Crippen molar-refractivity contribution in [1.29, 1.82) is 0 Å². The van der Waals surface area contributed by atoms with Gasteiger partial charge in [-0.2, -0.15) is 0 Å². The Morgan fingerprint density at radius 1 is 1.11 bits per heavy atom. The van der Waals surface area contributed by atoms with Crippen molar-refractivity contribution in [3.05, 3.63) is 40.9 Å². The molecule has 1 saturated carbocycles. The summed E-state index contributed by atoms with van der Waals surface area (Å²) in [4.78, 5) is 15.8. The van der Waals surface area contributed by atoms with Crippen LogP contribution in [0.25, 0.3) is 0 Å². The molecule has 150 valence electrons. The first-order chi connectivity index (χ1) is 13.4. The van der Waals surface area contributed by atoms with Crippen LogP contribution >= 0.6 is 11.6 Å². The number of pyridine rings is 1. The molecule has 0 amide bonds. The minimum atomic E-state index is 0.412. The zero-order valence-electron chi connectivity index (χ0n) is 17.1. The summed E-state index contributed by atoms with van der Waals surface area (Å²) < 4.78 is 0. The lowest BCUT2D eigenvalue weighted by Gasteiger charge is -2.37. The normalized spacial score (nSPS) is 22.6. The number of hydrogen-bond donors (Lipinski definition) is 1. The third-order valence-corrected chi connectivity index (χ3v) is 6.63. The van der Waals surface area contributed by atoms with Crippen LogP contribution in [0.15, 0.2) is 24.7 Å². The lowest BCUT2D eigenvalue weighted by molar-refractivity contribution is 0.173. The highest BCUT2D eigenvalue weighted by Crippen LogP contribution is 2.39. The minimum Gasteiger partial charge on any atom is -0.367 e. The van der Waals surface area contributed by atoms with Gasteiger partial charge in [0.1, 0.15) is 18.0 Å². The van der Waals surface area contributed by atoms with Gasteiger partial charge in [-0.25, -0.2) is 15.0 Å². The van der Waals surface area contributed by atoms with Gasteiger partial charge in [0, 0.05) is 24.3 Å². The van der Waals surface area contributed by atoms with Crippen molar-refractivity contribution in [2.24, 2.45) is 11.3 Å². The Hall–Kier alpha value is -1.88. The van der Waals surface area contributed by atoms with E-state index in [4.69, 9.17) is 11.6 Å². The molecule has 0 atom stereocenters. The minimum absolute atomic E-state index is 0.412. The van der Waals surface area contributed by atoms with Crippen LogP contribution in [0.5, 0.6) is 0 Å². The second-order valence-corrected chi connectivity index (χ2v) is 9.59. The summed E-state index contributed by atoms with van der Waals surface area (Å²) in [5.74, 6) is 2.68. The Morgan fingerprint density at radius 2 is 1.89 bits per heavy atom. The zero-order chi connectivity index (χ0) is 19.7. The molecule has 0 radical (unpaired) electrons. The standard InChI is InChI=1S/C22H30ClN5/c1-22(2,3)15-6-8-16(9-7-15)27-20-17-10-12-28(13-19(17)25-14-26-20)21-18(23)5-4-11-24-21/h4-5,11,14-16H,6-10,12-13H2,1-3H3,(H,25,26,27). The van der Waals surface area contributed by atoms with Crippen molar-refractivity contribution in [2.75, 3.05) is 16.8 Å². The van der Waals surface area contributed by atoms with E-state index >= 15 is 0 Å². The molecule has 1 fully saturated rings. The molecule has 1 aliphatic carbocycles. The van der Waals surface area contributed by atoms with Gasteiger partial charge in [-0.05, 0) is 55.6 Å². The van der Waals surface area contributed by atoms with Crippen molar-refractivity contribution in [3.8, 4) is 0 Å². The first-order valence-electron chi connectivity index (χ1n) is 10.4. The highest BCUT2D eigenvalue weighted by molar-refractivity contribution is 6.32. The highest BCUT2D eigenvalue weighted by atomic mass is 35.5. The fourth-order valence-corrected chi connectivity index (χ4v) is 4.81. The van der Waals surface area contributed by atoms with Crippen molar-refractivity contribution in [3.63, 3.8) is 0 Å². The number of rotatable bonds is 3. The van der Waals surface area contributed by atoms with Crippen LogP contribution in [0.2, 0.25) is 5.02 Å². The van der Waals surface area contributed by atoms with Crippen molar-refractivity contribution in [1.82, 2.24) is 15.0 Å². The van der Waals surface area contributed by atoms with Crippen LogP contribution in [0, 0.1) is 11.3 Å². The number of anilines is 2. The molecule has 0 bridgehead atoms. The third kappa shape index (κ3) is 4.09. The molecule has 0 aromatic carbocycles. The van der Waals surface area contributed by atoms with E-state index in [1.165, 1.54) is 31.2 Å². The monoisotopic (exact) mass is 399 g/mol. The van der Waals surface area contributed by atoms with E-state index in [2.05, 4.69) is 45.9 Å². The van der Waals surface area contributed by atoms with Gasteiger partial charge in [0.25, 0.3) is 0 Å². The van der Waals surface area contributed by atoms with Crippen LogP contribution in [-0.2, 0) is 13.0 Å². The van der Waals surface area contributed by atoms with Crippen LogP contribution in [0.1, 0.15) is 57.7 Å². The Kier molecular flexibility index (Phi) is 5.46. The van der Waals surface area contributed by atoms with Crippen LogP contribution in [-0.4, -0.2) is 27.5 Å². The molecule has 4 rings (SSSR count). The molecule has 6 heteroatoms. The molecule has 28 heavy (non-hydrogen) atoms. The fraction of sp³-hybridized carbons (Fsp3) is 0.591. The summed E-state index contributed by atoms with van der Waals surface area (Å²) in [7, 11) is 0. The largest absolute Gasteiger partial charge is 0.367 e. The number of halogens is 1. The van der Waals surface area contributed by atoms with E-state index < -0.39 is 0 Å². The van der Waals surface area contributed by atoms with Crippen LogP contribution in [0.3, 0.4) is 0 Å². The second kappa shape index (κ2) is 7.86. The molecule has 2 aromatic rings. The van der Waals surface area contributed by atoms with Gasteiger partial charge in [-0.1, -0.05) is 32.4 Å². The van der Waals surface area contributed by atoms with Crippen molar-refractivity contribution < 1.29 is 0 Å². The summed E-state index contributed by atoms with van der Waals surface area (Å²) in [6, 6.07) is 4.27. The lowest BCUT2D eigenvalue weighted by Crippen LogP contribution is -2.35. The Labute approximate surface area is 172 Å². The van der Waals surface area contributed by atoms with Crippen molar-refractivity contribution >= 4 is 23.2 Å². The van der Waals surface area contributed by atoms with Gasteiger partial charge in [0.15, 0.2) is 0 Å². The van der Waals surface area contributed by atoms with Crippen molar-refractivity contribution in [2.45, 2.75) is 65.5 Å². The maximum atomic E-state index is 6.34. The molecule has 3 heterocycles. The maximum Gasteiger partial charge on any atom is 0.147 e. The summed E-state index contributed by atoms with van der Waals surface area (Å²) in [5.41, 5.74) is 2.74. The number of fused-ring (bicyclic) bond motifs is 1. The highest BCUT2D eigenvalue weighted by Gasteiger charge is 2.30. The molecular formula is C22H30ClN5. The summed E-state index contributed by atoms with van der Waals surface area (Å²) in [5, 5.41) is 4.42. The van der Waals surface area contributed by atoms with Gasteiger partial charge in [0.2, 0.25) is 0 Å². The molecule has 2 aliphatic rings. The average molecular weight is 400 g/mol. The predicted molar refractivity (Wildman–Crippen MR) is 115 cm³/mol. The topological polar surface area (TPSA) is 53.9 Å². The molecular weight excluding hydrogens is 370 g/mol. The Balaban J connectivity index is 1.45. The maximum absolute atomic E-state index is 6.34. The first-order valence-corrected chi connectivity index (χ1v) is 10.7. The van der Waals surface area contributed by atoms with Gasteiger partial charge in [-0.15, -0.1) is 0 Å². The van der Waals surface area contributed by atoms with E-state index in [0.29, 0.717) is 16.5 Å². The van der Waals surface area contributed by atoms with E-state index in [-0.39, 0.29) is 0 Å².